The Balaban J connectivity index is 1.79. The second-order valence-electron chi connectivity index (χ2n) is 8.52. The van der Waals surface area contributed by atoms with Gasteiger partial charge in [-0.1, -0.05) is 49.8 Å². The molecule has 0 amide bonds. The Bertz CT molecular complexity index is 1500. The van der Waals surface area contributed by atoms with Gasteiger partial charge in [0.1, 0.15) is 5.75 Å². The molecule has 3 rings (SSSR count). The minimum atomic E-state index is -0.637. The van der Waals surface area contributed by atoms with Crippen molar-refractivity contribution < 1.29 is 28.6 Å². The average molecular weight is 507 g/mol. The summed E-state index contributed by atoms with van der Waals surface area (Å²) in [6.45, 7) is 15.4. The Labute approximate surface area is 221 Å². The van der Waals surface area contributed by atoms with Gasteiger partial charge in [-0.05, 0) is 80.4 Å². The van der Waals surface area contributed by atoms with Crippen molar-refractivity contribution in [1.29, 1.82) is 0 Å². The van der Waals surface area contributed by atoms with Crippen LogP contribution >= 0.6 is 0 Å². The lowest BCUT2D eigenvalue weighted by molar-refractivity contribution is -0.132. The van der Waals surface area contributed by atoms with Gasteiger partial charge in [0.05, 0.1) is 0 Å². The first-order valence-corrected chi connectivity index (χ1v) is 11.5. The summed E-state index contributed by atoms with van der Waals surface area (Å²) in [6, 6.07) is 19.3. The molecule has 0 aliphatic heterocycles. The highest BCUT2D eigenvalue weighted by Gasteiger charge is 2.16. The summed E-state index contributed by atoms with van der Waals surface area (Å²) in [6.07, 6.45) is 0. The molecule has 0 radical (unpaired) electrons. The fraction of sp³-hybridized carbons (Fsp3) is 0.0938. The van der Waals surface area contributed by atoms with Gasteiger partial charge >= 0.3 is 17.9 Å². The molecule has 0 aliphatic carbocycles. The maximum absolute atomic E-state index is 12.1. The van der Waals surface area contributed by atoms with Crippen molar-refractivity contribution in [3.8, 4) is 40.2 Å². The van der Waals surface area contributed by atoms with Gasteiger partial charge in [0.25, 0.3) is 0 Å². The fourth-order valence-corrected chi connectivity index (χ4v) is 2.92. The molecule has 0 aliphatic rings. The molecule has 0 unspecified atom stereocenters. The minimum absolute atomic E-state index is 0.0892. The number of rotatable bonds is 7. The molecule has 6 heteroatoms. The van der Waals surface area contributed by atoms with Crippen LogP contribution in [0.3, 0.4) is 0 Å². The molecule has 0 fully saturated rings. The molecule has 0 aromatic heterocycles. The van der Waals surface area contributed by atoms with Crippen molar-refractivity contribution in [2.45, 2.75) is 20.8 Å². The van der Waals surface area contributed by atoms with E-state index in [1.54, 1.807) is 49.4 Å². The summed E-state index contributed by atoms with van der Waals surface area (Å²) < 4.78 is 15.9. The summed E-state index contributed by atoms with van der Waals surface area (Å²) in [5.74, 6) is 5.02. The molecular formula is C32H26O6. The topological polar surface area (TPSA) is 78.9 Å². The highest BCUT2D eigenvalue weighted by Crippen LogP contribution is 2.34. The zero-order valence-corrected chi connectivity index (χ0v) is 21.4. The quantitative estimate of drug-likeness (QED) is 0.164. The van der Waals surface area contributed by atoms with Crippen molar-refractivity contribution in [2.24, 2.45) is 0 Å². The highest BCUT2D eigenvalue weighted by atomic mass is 16.6. The van der Waals surface area contributed by atoms with Crippen LogP contribution in [-0.2, 0) is 14.4 Å². The van der Waals surface area contributed by atoms with Crippen molar-refractivity contribution in [3.05, 3.63) is 114 Å². The smallest absolute Gasteiger partial charge is 0.338 e. The van der Waals surface area contributed by atoms with Crippen molar-refractivity contribution >= 4 is 17.9 Å². The lowest BCUT2D eigenvalue weighted by atomic mass is 10.0. The molecule has 6 nitrogen and oxygen atoms in total. The van der Waals surface area contributed by atoms with E-state index in [4.69, 9.17) is 14.2 Å². The van der Waals surface area contributed by atoms with Crippen LogP contribution in [0, 0.1) is 11.8 Å². The zero-order chi connectivity index (χ0) is 27.8. The van der Waals surface area contributed by atoms with Gasteiger partial charge in [-0.25, -0.2) is 14.4 Å². The Morgan fingerprint density at radius 3 is 1.47 bits per heavy atom. The van der Waals surface area contributed by atoms with E-state index in [2.05, 4.69) is 31.6 Å². The first kappa shape index (κ1) is 27.4. The van der Waals surface area contributed by atoms with Gasteiger partial charge < -0.3 is 14.2 Å². The molecule has 3 aromatic rings. The second kappa shape index (κ2) is 12.2. The Morgan fingerprint density at radius 2 is 0.974 bits per heavy atom. The minimum Gasteiger partial charge on any atom is -0.423 e. The summed E-state index contributed by atoms with van der Waals surface area (Å²) in [5.41, 5.74) is 3.86. The molecule has 0 bridgehead atoms. The third-order valence-electron chi connectivity index (χ3n) is 5.03. The number of esters is 3. The Hall–Kier alpha value is -5.15. The highest BCUT2D eigenvalue weighted by molar-refractivity contribution is 5.91. The molecule has 0 saturated heterocycles. The molecule has 38 heavy (non-hydrogen) atoms. The third-order valence-corrected chi connectivity index (χ3v) is 5.03. The molecular weight excluding hydrogens is 480 g/mol. The fourth-order valence-electron chi connectivity index (χ4n) is 2.92. The molecule has 0 atom stereocenters. The molecule has 3 aromatic carbocycles. The molecule has 190 valence electrons. The third kappa shape index (κ3) is 7.42. The maximum Gasteiger partial charge on any atom is 0.338 e. The number of carbonyl (C=O) groups is 3. The van der Waals surface area contributed by atoms with E-state index in [1.807, 2.05) is 24.3 Å². The Morgan fingerprint density at radius 1 is 0.553 bits per heavy atom. The number of carbonyl (C=O) groups excluding carboxylic acids is 3. The van der Waals surface area contributed by atoms with E-state index in [0.29, 0.717) is 11.3 Å². The lowest BCUT2D eigenvalue weighted by Crippen LogP contribution is -2.12. The molecule has 0 heterocycles. The van der Waals surface area contributed by atoms with Crippen LogP contribution in [0.25, 0.3) is 11.1 Å². The molecule has 0 spiro atoms. The van der Waals surface area contributed by atoms with E-state index >= 15 is 0 Å². The van der Waals surface area contributed by atoms with E-state index < -0.39 is 17.9 Å². The van der Waals surface area contributed by atoms with Crippen LogP contribution in [0.4, 0.5) is 0 Å². The average Bonchev–Trinajstić information content (AvgIpc) is 2.89. The van der Waals surface area contributed by atoms with Gasteiger partial charge in [-0.2, -0.15) is 0 Å². The predicted octanol–water partition coefficient (Wildman–Crippen LogP) is 6.20. The largest absolute Gasteiger partial charge is 0.423 e. The second-order valence-corrected chi connectivity index (χ2v) is 8.52. The van der Waals surface area contributed by atoms with Gasteiger partial charge in [0.2, 0.25) is 0 Å². The normalized spacial score (nSPS) is 9.87. The van der Waals surface area contributed by atoms with Crippen molar-refractivity contribution in [2.75, 3.05) is 0 Å². The van der Waals surface area contributed by atoms with Crippen molar-refractivity contribution in [3.63, 3.8) is 0 Å². The van der Waals surface area contributed by atoms with Gasteiger partial charge in [0, 0.05) is 27.8 Å². The monoisotopic (exact) mass is 506 g/mol. The summed E-state index contributed by atoms with van der Waals surface area (Å²) >= 11 is 0. The molecule has 0 N–H and O–H groups in total. The van der Waals surface area contributed by atoms with Crippen LogP contribution in [0.15, 0.2) is 103 Å². The van der Waals surface area contributed by atoms with E-state index in [0.717, 1.165) is 22.3 Å². The zero-order valence-electron chi connectivity index (χ0n) is 21.4. The number of hydrogen-bond acceptors (Lipinski definition) is 6. The molecule has 0 saturated carbocycles. The van der Waals surface area contributed by atoms with Gasteiger partial charge in [-0.15, -0.1) is 0 Å². The standard InChI is InChI=1S/C32H26O6/c1-20(2)30(33)36-27-16-11-24(12-17-27)8-7-23-9-13-25(14-10-23)26-15-18-28(37-31(34)21(3)4)29(19-26)38-32(35)22(5)6/h9-19H,1,3,5H2,2,4,6H3. The van der Waals surface area contributed by atoms with E-state index in [-0.39, 0.29) is 22.6 Å². The van der Waals surface area contributed by atoms with Crippen molar-refractivity contribution in [1.82, 2.24) is 0 Å². The summed E-state index contributed by atoms with van der Waals surface area (Å²) in [5, 5.41) is 0. The maximum atomic E-state index is 12.1. The van der Waals surface area contributed by atoms with Gasteiger partial charge in [-0.3, -0.25) is 0 Å². The SMILES string of the molecule is C=C(C)C(=O)Oc1ccc(C#Cc2ccc(-c3ccc(OC(=O)C(=C)C)c(OC(=O)C(=C)C)c3)cc2)cc1. The van der Waals surface area contributed by atoms with Crippen LogP contribution in [-0.4, -0.2) is 17.9 Å². The lowest BCUT2D eigenvalue weighted by Gasteiger charge is -2.12. The first-order chi connectivity index (χ1) is 18.0. The summed E-state index contributed by atoms with van der Waals surface area (Å²) in [4.78, 5) is 35.8. The number of hydrogen-bond donors (Lipinski definition) is 0. The van der Waals surface area contributed by atoms with Gasteiger partial charge in [0.15, 0.2) is 11.5 Å². The summed E-state index contributed by atoms with van der Waals surface area (Å²) in [7, 11) is 0. The van der Waals surface area contributed by atoms with E-state index in [1.165, 1.54) is 13.8 Å². The van der Waals surface area contributed by atoms with Crippen LogP contribution in [0.2, 0.25) is 0 Å². The van der Waals surface area contributed by atoms with E-state index in [9.17, 15) is 14.4 Å². The number of ether oxygens (including phenoxy) is 3. The predicted molar refractivity (Wildman–Crippen MR) is 146 cm³/mol. The van der Waals surface area contributed by atoms with Crippen LogP contribution in [0.5, 0.6) is 17.2 Å². The van der Waals surface area contributed by atoms with Crippen LogP contribution < -0.4 is 14.2 Å². The Kier molecular flexibility index (Phi) is 8.81. The van der Waals surface area contributed by atoms with Crippen LogP contribution in [0.1, 0.15) is 31.9 Å². The first-order valence-electron chi connectivity index (χ1n) is 11.5. The number of benzene rings is 3.